The van der Waals surface area contributed by atoms with E-state index in [1.807, 2.05) is 25.1 Å². The molecule has 0 aliphatic carbocycles. The Morgan fingerprint density at radius 1 is 0.833 bits per heavy atom. The molecule has 0 N–H and O–H groups in total. The highest BCUT2D eigenvalue weighted by atomic mass is 16.6. The number of fused-ring (bicyclic) bond motifs is 1. The quantitative estimate of drug-likeness (QED) is 0.330. The van der Waals surface area contributed by atoms with Gasteiger partial charge in [0.05, 0.1) is 6.61 Å². The smallest absolute Gasteiger partial charge is 0.358 e. The van der Waals surface area contributed by atoms with Gasteiger partial charge in [-0.05, 0) is 77.4 Å². The molecule has 0 amide bonds. The number of nitrogens with zero attached hydrogens (tertiary/aromatic N) is 3. The van der Waals surface area contributed by atoms with Gasteiger partial charge in [0.15, 0.2) is 11.3 Å². The third kappa shape index (κ3) is 4.19. The van der Waals surface area contributed by atoms with Gasteiger partial charge in [0.1, 0.15) is 5.75 Å². The van der Waals surface area contributed by atoms with E-state index < -0.39 is 11.6 Å². The number of esters is 1. The Morgan fingerprint density at radius 3 is 2.03 bits per heavy atom. The number of aromatic nitrogens is 1. The number of ether oxygens (including phenoxy) is 2. The molecule has 2 aromatic carbocycles. The SMILES string of the molecule is CCOc1cc(N(CC)CC)ccc1C1(c2ccc(N(CC)CC)cc2C)OC(=O)c2ncccc21. The second-order valence-electron chi connectivity index (χ2n) is 8.93. The van der Waals surface area contributed by atoms with Gasteiger partial charge in [0.2, 0.25) is 0 Å². The number of cyclic esters (lactones) is 1. The van der Waals surface area contributed by atoms with Crippen molar-refractivity contribution in [3.63, 3.8) is 0 Å². The molecule has 1 unspecified atom stereocenters. The Hall–Kier alpha value is -3.54. The van der Waals surface area contributed by atoms with Crippen LogP contribution in [0.2, 0.25) is 0 Å². The van der Waals surface area contributed by atoms with Crippen LogP contribution in [0, 0.1) is 6.92 Å². The molecule has 4 rings (SSSR count). The number of pyridine rings is 1. The van der Waals surface area contributed by atoms with Gasteiger partial charge in [0.25, 0.3) is 0 Å². The average molecular weight is 488 g/mol. The Bertz CT molecular complexity index is 1230. The van der Waals surface area contributed by atoms with Gasteiger partial charge in [-0.3, -0.25) is 0 Å². The van der Waals surface area contributed by atoms with E-state index in [2.05, 4.69) is 79.7 Å². The standard InChI is InChI=1S/C30H37N3O3/c1-7-32(8-2)22-14-16-24(21(6)19-22)30(26-13-12-18-31-28(26)29(34)36-30)25-17-15-23(33(9-3)10-4)20-27(25)35-11-5/h12-20H,7-11H2,1-6H3. The van der Waals surface area contributed by atoms with Crippen molar-refractivity contribution >= 4 is 17.3 Å². The van der Waals surface area contributed by atoms with Crippen LogP contribution in [0.25, 0.3) is 0 Å². The van der Waals surface area contributed by atoms with Crippen LogP contribution < -0.4 is 14.5 Å². The minimum atomic E-state index is -1.15. The predicted octanol–water partition coefficient (Wildman–Crippen LogP) is 5.94. The topological polar surface area (TPSA) is 54.9 Å². The first-order chi connectivity index (χ1) is 17.4. The maximum atomic E-state index is 13.2. The molecule has 36 heavy (non-hydrogen) atoms. The van der Waals surface area contributed by atoms with Gasteiger partial charge in [0, 0.05) is 66.5 Å². The summed E-state index contributed by atoms with van der Waals surface area (Å²) < 4.78 is 12.6. The van der Waals surface area contributed by atoms with Crippen LogP contribution in [0.15, 0.2) is 54.7 Å². The molecule has 0 saturated heterocycles. The van der Waals surface area contributed by atoms with Crippen molar-refractivity contribution in [3.05, 3.63) is 82.7 Å². The van der Waals surface area contributed by atoms with Crippen molar-refractivity contribution in [2.75, 3.05) is 42.6 Å². The number of benzene rings is 2. The van der Waals surface area contributed by atoms with Crippen molar-refractivity contribution in [1.82, 2.24) is 4.98 Å². The lowest BCUT2D eigenvalue weighted by Crippen LogP contribution is -2.32. The number of hydrogen-bond acceptors (Lipinski definition) is 6. The van der Waals surface area contributed by atoms with E-state index in [1.54, 1.807) is 6.20 Å². The first kappa shape index (κ1) is 25.5. The first-order valence-corrected chi connectivity index (χ1v) is 13.0. The zero-order valence-electron chi connectivity index (χ0n) is 22.3. The summed E-state index contributed by atoms with van der Waals surface area (Å²) in [5, 5.41) is 0. The van der Waals surface area contributed by atoms with E-state index in [0.717, 1.165) is 59.8 Å². The number of carbonyl (C=O) groups excluding carboxylic acids is 1. The number of aryl methyl sites for hydroxylation is 1. The van der Waals surface area contributed by atoms with E-state index in [1.165, 1.54) is 0 Å². The number of hydrogen-bond donors (Lipinski definition) is 0. The summed E-state index contributed by atoms with van der Waals surface area (Å²) in [5.41, 5.74) is 4.91. The molecule has 2 heterocycles. The monoisotopic (exact) mass is 487 g/mol. The maximum absolute atomic E-state index is 13.2. The molecule has 6 nitrogen and oxygen atoms in total. The molecular formula is C30H37N3O3. The normalized spacial score (nSPS) is 16.4. The molecule has 190 valence electrons. The third-order valence-electron chi connectivity index (χ3n) is 7.12. The van der Waals surface area contributed by atoms with Crippen LogP contribution in [0.4, 0.5) is 11.4 Å². The van der Waals surface area contributed by atoms with Gasteiger partial charge >= 0.3 is 5.97 Å². The van der Waals surface area contributed by atoms with Crippen LogP contribution in [0.3, 0.4) is 0 Å². The van der Waals surface area contributed by atoms with Gasteiger partial charge in [-0.1, -0.05) is 12.1 Å². The maximum Gasteiger partial charge on any atom is 0.358 e. The Kier molecular flexibility index (Phi) is 7.53. The molecule has 0 radical (unpaired) electrons. The van der Waals surface area contributed by atoms with Crippen LogP contribution in [-0.2, 0) is 10.3 Å². The summed E-state index contributed by atoms with van der Waals surface area (Å²) in [6.45, 7) is 16.8. The van der Waals surface area contributed by atoms with Gasteiger partial charge in [-0.25, -0.2) is 9.78 Å². The second-order valence-corrected chi connectivity index (χ2v) is 8.93. The third-order valence-corrected chi connectivity index (χ3v) is 7.12. The van der Waals surface area contributed by atoms with Gasteiger partial charge in [-0.2, -0.15) is 0 Å². The summed E-state index contributed by atoms with van der Waals surface area (Å²) >= 11 is 0. The number of rotatable bonds is 10. The molecule has 6 heteroatoms. The molecule has 3 aromatic rings. The molecule has 0 saturated carbocycles. The lowest BCUT2D eigenvalue weighted by atomic mass is 9.78. The predicted molar refractivity (Wildman–Crippen MR) is 145 cm³/mol. The fourth-order valence-electron chi connectivity index (χ4n) is 5.33. The molecule has 0 spiro atoms. The van der Waals surface area contributed by atoms with Crippen molar-refractivity contribution < 1.29 is 14.3 Å². The van der Waals surface area contributed by atoms with E-state index in [0.29, 0.717) is 18.1 Å². The van der Waals surface area contributed by atoms with Gasteiger partial charge < -0.3 is 19.3 Å². The van der Waals surface area contributed by atoms with Crippen LogP contribution >= 0.6 is 0 Å². The van der Waals surface area contributed by atoms with Gasteiger partial charge in [-0.15, -0.1) is 0 Å². The highest BCUT2D eigenvalue weighted by Crippen LogP contribution is 2.51. The largest absolute Gasteiger partial charge is 0.493 e. The molecule has 1 aliphatic heterocycles. The Morgan fingerprint density at radius 2 is 1.44 bits per heavy atom. The zero-order valence-corrected chi connectivity index (χ0v) is 22.3. The van der Waals surface area contributed by atoms with E-state index >= 15 is 0 Å². The Balaban J connectivity index is 2.00. The molecule has 1 atom stereocenters. The van der Waals surface area contributed by atoms with E-state index in [4.69, 9.17) is 9.47 Å². The first-order valence-electron chi connectivity index (χ1n) is 13.0. The van der Waals surface area contributed by atoms with Crippen molar-refractivity contribution in [3.8, 4) is 5.75 Å². The zero-order chi connectivity index (χ0) is 25.9. The van der Waals surface area contributed by atoms with Crippen LogP contribution in [-0.4, -0.2) is 43.7 Å². The fraction of sp³-hybridized carbons (Fsp3) is 0.400. The average Bonchev–Trinajstić information content (AvgIpc) is 3.19. The Labute approximate surface area is 214 Å². The molecular weight excluding hydrogens is 450 g/mol. The number of carbonyl (C=O) groups is 1. The molecule has 0 bridgehead atoms. The summed E-state index contributed by atoms with van der Waals surface area (Å²) in [5.74, 6) is 0.284. The summed E-state index contributed by atoms with van der Waals surface area (Å²) in [6.07, 6.45) is 1.64. The highest BCUT2D eigenvalue weighted by molar-refractivity contribution is 5.94. The number of anilines is 2. The highest BCUT2D eigenvalue weighted by Gasteiger charge is 2.51. The van der Waals surface area contributed by atoms with E-state index in [9.17, 15) is 4.79 Å². The fourth-order valence-corrected chi connectivity index (χ4v) is 5.33. The molecule has 0 fully saturated rings. The summed E-state index contributed by atoms with van der Waals surface area (Å²) in [6, 6.07) is 16.4. The van der Waals surface area contributed by atoms with Crippen LogP contribution in [0.5, 0.6) is 5.75 Å². The lowest BCUT2D eigenvalue weighted by Gasteiger charge is -2.34. The van der Waals surface area contributed by atoms with Crippen LogP contribution in [0.1, 0.15) is 67.4 Å². The van der Waals surface area contributed by atoms with E-state index in [-0.39, 0.29) is 0 Å². The lowest BCUT2D eigenvalue weighted by molar-refractivity contribution is 0.0240. The summed E-state index contributed by atoms with van der Waals surface area (Å²) in [4.78, 5) is 22.2. The minimum absolute atomic E-state index is 0.347. The van der Waals surface area contributed by atoms with Crippen molar-refractivity contribution in [1.29, 1.82) is 0 Å². The summed E-state index contributed by atoms with van der Waals surface area (Å²) in [7, 11) is 0. The molecule has 1 aliphatic rings. The van der Waals surface area contributed by atoms with Crippen molar-refractivity contribution in [2.24, 2.45) is 0 Å². The minimum Gasteiger partial charge on any atom is -0.493 e. The van der Waals surface area contributed by atoms with Crippen molar-refractivity contribution in [2.45, 2.75) is 47.1 Å². The second kappa shape index (κ2) is 10.6. The molecule has 1 aromatic heterocycles.